The first-order valence-corrected chi connectivity index (χ1v) is 15.8. The zero-order valence-corrected chi connectivity index (χ0v) is 31.3. The van der Waals surface area contributed by atoms with Gasteiger partial charge in [-0.05, 0) is 66.9 Å². The topological polar surface area (TPSA) is 133 Å². The summed E-state index contributed by atoms with van der Waals surface area (Å²) in [4.78, 5) is 9.60. The SMILES string of the molecule is CC(C)(O)Cn1cc(Br)cn1.COc1ccc(CNc2nc3cc(OC)c(F)cc3c3nc(C4CNCC(C)C4)nn23)c(OC)c1.[CH3-].[Pd]. The number of halogens is 2. The first-order chi connectivity index (χ1) is 22.0. The van der Waals surface area contributed by atoms with Gasteiger partial charge in [0.25, 0.3) is 0 Å². The molecule has 6 rings (SSSR count). The Bertz CT molecular complexity index is 1810. The Kier molecular flexibility index (Phi) is 13.7. The van der Waals surface area contributed by atoms with Crippen LogP contribution in [-0.2, 0) is 33.5 Å². The number of fused-ring (bicyclic) bond motifs is 3. The number of hydrogen-bond donors (Lipinski definition) is 3. The molecule has 0 aliphatic carbocycles. The molecule has 0 bridgehead atoms. The summed E-state index contributed by atoms with van der Waals surface area (Å²) in [6.45, 7) is 8.44. The molecule has 1 aliphatic heterocycles. The number of aromatic nitrogens is 6. The summed E-state index contributed by atoms with van der Waals surface area (Å²) in [6, 6.07) is 8.64. The molecule has 48 heavy (non-hydrogen) atoms. The predicted molar refractivity (Wildman–Crippen MR) is 184 cm³/mol. The zero-order chi connectivity index (χ0) is 33.0. The van der Waals surface area contributed by atoms with Gasteiger partial charge in [0.1, 0.15) is 11.5 Å². The number of nitrogens with one attached hydrogen (secondary N) is 2. The second-order valence-electron chi connectivity index (χ2n) is 12.0. The Morgan fingerprint density at radius 1 is 1.08 bits per heavy atom. The molecule has 5 aromatic rings. The number of rotatable bonds is 9. The van der Waals surface area contributed by atoms with E-state index in [1.54, 1.807) is 49.5 Å². The van der Waals surface area contributed by atoms with Crippen LogP contribution in [0.15, 0.2) is 47.2 Å². The number of ether oxygens (including phenoxy) is 3. The van der Waals surface area contributed by atoms with Gasteiger partial charge < -0.3 is 37.4 Å². The smallest absolute Gasteiger partial charge is 0.226 e. The van der Waals surface area contributed by atoms with Gasteiger partial charge >= 0.3 is 0 Å². The van der Waals surface area contributed by atoms with Crippen LogP contribution < -0.4 is 24.8 Å². The Balaban J connectivity index is 0.000000412. The van der Waals surface area contributed by atoms with Gasteiger partial charge in [-0.3, -0.25) is 4.68 Å². The largest absolute Gasteiger partial charge is 0.497 e. The molecule has 0 spiro atoms. The molecule has 12 nitrogen and oxygen atoms in total. The maximum absolute atomic E-state index is 14.6. The van der Waals surface area contributed by atoms with Crippen LogP contribution in [0.3, 0.4) is 0 Å². The van der Waals surface area contributed by atoms with Crippen molar-refractivity contribution in [3.05, 3.63) is 71.8 Å². The summed E-state index contributed by atoms with van der Waals surface area (Å²) in [5, 5.41) is 25.6. The van der Waals surface area contributed by atoms with Crippen molar-refractivity contribution in [1.29, 1.82) is 0 Å². The summed E-state index contributed by atoms with van der Waals surface area (Å²) in [7, 11) is 4.67. The van der Waals surface area contributed by atoms with Crippen LogP contribution in [0.2, 0.25) is 0 Å². The van der Waals surface area contributed by atoms with E-state index in [0.29, 0.717) is 53.0 Å². The van der Waals surface area contributed by atoms with E-state index in [0.717, 1.165) is 35.4 Å². The van der Waals surface area contributed by atoms with Crippen molar-refractivity contribution in [1.82, 2.24) is 34.7 Å². The van der Waals surface area contributed by atoms with Crippen molar-refractivity contribution in [2.75, 3.05) is 39.7 Å². The molecular formula is C33H43BrFN8O4Pd-. The van der Waals surface area contributed by atoms with Gasteiger partial charge in [-0.15, -0.1) is 5.10 Å². The van der Waals surface area contributed by atoms with E-state index in [9.17, 15) is 9.50 Å². The maximum Gasteiger partial charge on any atom is 0.226 e. The van der Waals surface area contributed by atoms with Crippen molar-refractivity contribution < 1.29 is 44.1 Å². The van der Waals surface area contributed by atoms with E-state index in [1.165, 1.54) is 13.2 Å². The Hall–Kier alpha value is -3.35. The van der Waals surface area contributed by atoms with Gasteiger partial charge in [-0.1, -0.05) is 6.92 Å². The first kappa shape index (κ1) is 39.1. The van der Waals surface area contributed by atoms with Crippen molar-refractivity contribution in [3.8, 4) is 17.2 Å². The number of nitrogens with zero attached hydrogens (tertiary/aromatic N) is 6. The molecule has 0 amide bonds. The summed E-state index contributed by atoms with van der Waals surface area (Å²) in [5.74, 6) is 2.98. The summed E-state index contributed by atoms with van der Waals surface area (Å²) in [5.41, 5.74) is 1.33. The van der Waals surface area contributed by atoms with Crippen molar-refractivity contribution >= 4 is 38.4 Å². The van der Waals surface area contributed by atoms with Crippen molar-refractivity contribution in [2.24, 2.45) is 5.92 Å². The molecule has 1 aliphatic rings. The molecule has 1 saturated heterocycles. The Labute approximate surface area is 302 Å². The fraction of sp³-hybridized carbons (Fsp3) is 0.424. The number of benzene rings is 2. The van der Waals surface area contributed by atoms with E-state index in [-0.39, 0.29) is 39.5 Å². The van der Waals surface area contributed by atoms with Crippen LogP contribution >= 0.6 is 15.9 Å². The summed E-state index contributed by atoms with van der Waals surface area (Å²) in [6.07, 6.45) is 4.52. The molecule has 15 heteroatoms. The predicted octanol–water partition coefficient (Wildman–Crippen LogP) is 5.63. The maximum atomic E-state index is 14.6. The molecule has 2 aromatic carbocycles. The number of anilines is 1. The standard InChI is InChI=1S/C25H29FN6O3.C7H11BrN2O.CH3.Pd/c1-14-7-16(12-27-11-14)23-30-24-18-9-19(26)22(35-4)10-20(18)29-25(32(24)31-23)28-13-15-5-6-17(33-2)8-21(15)34-3;1-7(2,11)5-10-4-6(8)3-9-10;;/h5-6,8-10,14,16,27H,7,11-13H2,1-4H3,(H,28,29);3-4,11H,5H2,1-2H3;1H3;/q;;-1;. The van der Waals surface area contributed by atoms with E-state index in [2.05, 4.69) is 38.6 Å². The number of aliphatic hydroxyl groups is 1. The van der Waals surface area contributed by atoms with Gasteiger partial charge in [0.2, 0.25) is 5.95 Å². The quantitative estimate of drug-likeness (QED) is 0.127. The van der Waals surface area contributed by atoms with Crippen LogP contribution in [0, 0.1) is 19.2 Å². The summed E-state index contributed by atoms with van der Waals surface area (Å²) < 4.78 is 34.9. The molecule has 3 aromatic heterocycles. The van der Waals surface area contributed by atoms with Gasteiger partial charge in [-0.2, -0.15) is 9.61 Å². The van der Waals surface area contributed by atoms with E-state index >= 15 is 0 Å². The molecule has 264 valence electrons. The first-order valence-electron chi connectivity index (χ1n) is 15.0. The Morgan fingerprint density at radius 2 is 1.83 bits per heavy atom. The third kappa shape index (κ3) is 9.42. The molecule has 0 saturated carbocycles. The van der Waals surface area contributed by atoms with Gasteiger partial charge in [0.05, 0.1) is 49.7 Å². The third-order valence-corrected chi connectivity index (χ3v) is 7.99. The average Bonchev–Trinajstić information content (AvgIpc) is 3.65. The van der Waals surface area contributed by atoms with E-state index < -0.39 is 11.4 Å². The zero-order valence-electron chi connectivity index (χ0n) is 28.2. The minimum Gasteiger partial charge on any atom is -0.497 e. The van der Waals surface area contributed by atoms with Crippen molar-refractivity contribution in [2.45, 2.75) is 51.8 Å². The minimum atomic E-state index is -0.703. The number of hydrogen-bond acceptors (Lipinski definition) is 10. The molecule has 4 heterocycles. The van der Waals surface area contributed by atoms with E-state index in [1.807, 2.05) is 24.4 Å². The molecule has 0 radical (unpaired) electrons. The monoisotopic (exact) mass is 819 g/mol. The third-order valence-electron chi connectivity index (χ3n) is 7.58. The normalized spacial score (nSPS) is 15.9. The van der Waals surface area contributed by atoms with Crippen LogP contribution in [0.25, 0.3) is 16.6 Å². The van der Waals surface area contributed by atoms with Crippen LogP contribution in [0.5, 0.6) is 17.2 Å². The molecule has 3 N–H and O–H groups in total. The Morgan fingerprint density at radius 3 is 2.46 bits per heavy atom. The van der Waals surface area contributed by atoms with Gasteiger partial charge in [0, 0.05) is 68.7 Å². The number of piperidine rings is 1. The average molecular weight is 821 g/mol. The van der Waals surface area contributed by atoms with Gasteiger partial charge in [-0.25, -0.2) is 14.4 Å². The van der Waals surface area contributed by atoms with Crippen LogP contribution in [0.1, 0.15) is 44.5 Å². The fourth-order valence-electron chi connectivity index (χ4n) is 5.42. The molecule has 1 fully saturated rings. The van der Waals surface area contributed by atoms with Crippen LogP contribution in [-0.4, -0.2) is 74.5 Å². The number of methoxy groups -OCH3 is 3. The second kappa shape index (κ2) is 16.8. The summed E-state index contributed by atoms with van der Waals surface area (Å²) >= 11 is 3.27. The fourth-order valence-corrected chi connectivity index (χ4v) is 5.74. The minimum absolute atomic E-state index is 0. The molecular weight excluding hydrogens is 778 g/mol. The van der Waals surface area contributed by atoms with Gasteiger partial charge in [0.15, 0.2) is 23.0 Å². The van der Waals surface area contributed by atoms with Crippen LogP contribution in [0.4, 0.5) is 10.3 Å². The molecule has 2 unspecified atom stereocenters. The second-order valence-corrected chi connectivity index (χ2v) is 13.0. The van der Waals surface area contributed by atoms with Crippen molar-refractivity contribution in [3.63, 3.8) is 0 Å². The van der Waals surface area contributed by atoms with E-state index in [4.69, 9.17) is 29.3 Å². The molecule has 2 atom stereocenters.